The van der Waals surface area contributed by atoms with Crippen LogP contribution >= 0.6 is 0 Å². The molecule has 0 radical (unpaired) electrons. The zero-order valence-electron chi connectivity index (χ0n) is 17.9. The van der Waals surface area contributed by atoms with E-state index in [1.807, 2.05) is 30.3 Å². The van der Waals surface area contributed by atoms with Crippen LogP contribution in [0.4, 0.5) is 5.69 Å². The minimum Gasteiger partial charge on any atom is -0.494 e. The summed E-state index contributed by atoms with van der Waals surface area (Å²) >= 11 is 0. The number of carbonyl (C=O) groups excluding carboxylic acids is 2. The number of amides is 1. The lowest BCUT2D eigenvalue weighted by Crippen LogP contribution is -2.14. The number of ether oxygens (including phenoxy) is 3. The first-order chi connectivity index (χ1) is 15.1. The van der Waals surface area contributed by atoms with Crippen LogP contribution in [0, 0.1) is 0 Å². The molecule has 0 aromatic heterocycles. The van der Waals surface area contributed by atoms with Gasteiger partial charge in [-0.05, 0) is 53.6 Å². The van der Waals surface area contributed by atoms with Gasteiger partial charge < -0.3 is 19.5 Å². The molecule has 6 nitrogen and oxygen atoms in total. The zero-order chi connectivity index (χ0) is 22.1. The average molecular weight is 421 g/mol. The number of unbranched alkanes of at least 4 members (excludes halogenated alkanes) is 2. The Morgan fingerprint density at radius 1 is 0.903 bits per heavy atom. The van der Waals surface area contributed by atoms with Gasteiger partial charge in [0.15, 0.2) is 6.61 Å². The molecule has 1 amide bonds. The van der Waals surface area contributed by atoms with Gasteiger partial charge in [0.2, 0.25) is 0 Å². The van der Waals surface area contributed by atoms with Crippen molar-refractivity contribution in [1.29, 1.82) is 0 Å². The molecule has 0 spiro atoms. The molecule has 0 unspecified atom stereocenters. The number of fused-ring (bicyclic) bond motifs is 1. The largest absolute Gasteiger partial charge is 0.494 e. The highest BCUT2D eigenvalue weighted by Gasteiger charge is 2.12. The second-order valence-corrected chi connectivity index (χ2v) is 7.09. The molecule has 1 N–H and O–H groups in total. The molecule has 3 aromatic rings. The Balaban J connectivity index is 1.71. The quantitative estimate of drug-likeness (QED) is 0.359. The van der Waals surface area contributed by atoms with Crippen LogP contribution in [-0.2, 0) is 9.53 Å². The summed E-state index contributed by atoms with van der Waals surface area (Å²) in [6.07, 6.45) is 3.33. The first kappa shape index (κ1) is 22.2. The molecule has 0 saturated carbocycles. The van der Waals surface area contributed by atoms with Gasteiger partial charge in [-0.1, -0.05) is 38.0 Å². The molecular weight excluding hydrogens is 394 g/mol. The van der Waals surface area contributed by atoms with Crippen LogP contribution in [0.1, 0.15) is 36.5 Å². The summed E-state index contributed by atoms with van der Waals surface area (Å²) in [6.45, 7) is 2.65. The fourth-order valence-corrected chi connectivity index (χ4v) is 3.15. The van der Waals surface area contributed by atoms with E-state index in [-0.39, 0.29) is 12.5 Å². The number of hydrogen-bond donors (Lipinski definition) is 1. The molecule has 0 atom stereocenters. The van der Waals surface area contributed by atoms with Gasteiger partial charge in [-0.3, -0.25) is 4.79 Å². The lowest BCUT2D eigenvalue weighted by atomic mass is 10.0. The Labute approximate surface area is 182 Å². The summed E-state index contributed by atoms with van der Waals surface area (Å²) in [6, 6.07) is 18.2. The molecule has 3 aromatic carbocycles. The summed E-state index contributed by atoms with van der Waals surface area (Å²) in [7, 11) is 1.30. The predicted octanol–water partition coefficient (Wildman–Crippen LogP) is 5.21. The van der Waals surface area contributed by atoms with Gasteiger partial charge in [-0.25, -0.2) is 4.79 Å². The molecule has 0 fully saturated rings. The number of hydrogen-bond acceptors (Lipinski definition) is 5. The number of rotatable bonds is 10. The van der Waals surface area contributed by atoms with E-state index in [2.05, 4.69) is 17.0 Å². The Morgan fingerprint density at radius 2 is 1.71 bits per heavy atom. The molecule has 0 heterocycles. The van der Waals surface area contributed by atoms with Gasteiger partial charge in [0.05, 0.1) is 13.7 Å². The van der Waals surface area contributed by atoms with Crippen molar-refractivity contribution in [3.8, 4) is 11.5 Å². The fraction of sp³-hybridized carbons (Fsp3) is 0.280. The van der Waals surface area contributed by atoms with Crippen molar-refractivity contribution in [1.82, 2.24) is 0 Å². The summed E-state index contributed by atoms with van der Waals surface area (Å²) in [5.74, 6) is 0.564. The lowest BCUT2D eigenvalue weighted by molar-refractivity contribution is -0.142. The van der Waals surface area contributed by atoms with Crippen molar-refractivity contribution in [3.63, 3.8) is 0 Å². The Hall–Kier alpha value is -3.54. The van der Waals surface area contributed by atoms with Crippen molar-refractivity contribution in [2.45, 2.75) is 26.2 Å². The van der Waals surface area contributed by atoms with E-state index in [0.29, 0.717) is 23.6 Å². The zero-order valence-corrected chi connectivity index (χ0v) is 17.9. The van der Waals surface area contributed by atoms with E-state index >= 15 is 0 Å². The number of benzene rings is 3. The molecule has 0 bridgehead atoms. The van der Waals surface area contributed by atoms with E-state index in [1.165, 1.54) is 7.11 Å². The number of esters is 1. The van der Waals surface area contributed by atoms with Crippen LogP contribution in [0.25, 0.3) is 10.8 Å². The molecule has 6 heteroatoms. The standard InChI is InChI=1S/C25H27NO5/c1-3-4-5-14-30-21-12-13-22-18(15-21)8-6-11-23(22)25(28)26-19-9-7-10-20(16-19)31-17-24(27)29-2/h6-13,15-16H,3-5,14,17H2,1-2H3,(H,26,28). The second-order valence-electron chi connectivity index (χ2n) is 7.09. The van der Waals surface area contributed by atoms with Crippen LogP contribution in [0.3, 0.4) is 0 Å². The van der Waals surface area contributed by atoms with Crippen molar-refractivity contribution >= 4 is 28.3 Å². The Bertz CT molecular complexity index is 1050. The summed E-state index contributed by atoms with van der Waals surface area (Å²) in [5.41, 5.74) is 1.14. The third-order valence-electron chi connectivity index (χ3n) is 4.79. The van der Waals surface area contributed by atoms with Crippen molar-refractivity contribution in [2.75, 3.05) is 25.6 Å². The van der Waals surface area contributed by atoms with Crippen LogP contribution in [0.5, 0.6) is 11.5 Å². The van der Waals surface area contributed by atoms with Crippen molar-refractivity contribution in [3.05, 3.63) is 66.2 Å². The summed E-state index contributed by atoms with van der Waals surface area (Å²) in [5, 5.41) is 4.68. The molecule has 3 rings (SSSR count). The monoisotopic (exact) mass is 421 g/mol. The van der Waals surface area contributed by atoms with E-state index in [9.17, 15) is 9.59 Å². The minimum atomic E-state index is -0.473. The van der Waals surface area contributed by atoms with E-state index in [4.69, 9.17) is 9.47 Å². The van der Waals surface area contributed by atoms with Crippen LogP contribution in [0.15, 0.2) is 60.7 Å². The van der Waals surface area contributed by atoms with Gasteiger partial charge in [0.1, 0.15) is 11.5 Å². The number of carbonyl (C=O) groups is 2. The molecule has 31 heavy (non-hydrogen) atoms. The van der Waals surface area contributed by atoms with Crippen molar-refractivity contribution < 1.29 is 23.8 Å². The van der Waals surface area contributed by atoms with E-state index < -0.39 is 5.97 Å². The van der Waals surface area contributed by atoms with Gasteiger partial charge in [0, 0.05) is 17.3 Å². The fourth-order valence-electron chi connectivity index (χ4n) is 3.15. The lowest BCUT2D eigenvalue weighted by Gasteiger charge is -2.11. The maximum absolute atomic E-state index is 12.9. The van der Waals surface area contributed by atoms with Crippen LogP contribution in [-0.4, -0.2) is 32.2 Å². The van der Waals surface area contributed by atoms with Gasteiger partial charge >= 0.3 is 5.97 Å². The molecular formula is C25H27NO5. The molecule has 0 aliphatic carbocycles. The smallest absolute Gasteiger partial charge is 0.343 e. The van der Waals surface area contributed by atoms with E-state index in [0.717, 1.165) is 35.8 Å². The van der Waals surface area contributed by atoms with Crippen molar-refractivity contribution in [2.24, 2.45) is 0 Å². The van der Waals surface area contributed by atoms with E-state index in [1.54, 1.807) is 30.3 Å². The van der Waals surface area contributed by atoms with Gasteiger partial charge in [-0.2, -0.15) is 0 Å². The first-order valence-electron chi connectivity index (χ1n) is 10.4. The maximum Gasteiger partial charge on any atom is 0.343 e. The minimum absolute atomic E-state index is 0.194. The molecule has 162 valence electrons. The number of methoxy groups -OCH3 is 1. The highest BCUT2D eigenvalue weighted by Crippen LogP contribution is 2.25. The maximum atomic E-state index is 12.9. The Kier molecular flexibility index (Phi) is 7.87. The third-order valence-corrected chi connectivity index (χ3v) is 4.79. The summed E-state index contributed by atoms with van der Waals surface area (Å²) < 4.78 is 15.8. The highest BCUT2D eigenvalue weighted by molar-refractivity contribution is 6.13. The normalized spacial score (nSPS) is 10.5. The topological polar surface area (TPSA) is 73.9 Å². The molecule has 0 saturated heterocycles. The number of anilines is 1. The van der Waals surface area contributed by atoms with Crippen LogP contribution in [0.2, 0.25) is 0 Å². The van der Waals surface area contributed by atoms with Gasteiger partial charge in [-0.15, -0.1) is 0 Å². The summed E-state index contributed by atoms with van der Waals surface area (Å²) in [4.78, 5) is 24.2. The Morgan fingerprint density at radius 3 is 2.52 bits per heavy atom. The molecule has 0 aliphatic rings. The van der Waals surface area contributed by atoms with Gasteiger partial charge in [0.25, 0.3) is 5.91 Å². The third kappa shape index (κ3) is 6.22. The predicted molar refractivity (Wildman–Crippen MR) is 121 cm³/mol. The highest BCUT2D eigenvalue weighted by atomic mass is 16.6. The first-order valence-corrected chi connectivity index (χ1v) is 10.4. The number of nitrogens with one attached hydrogen (secondary N) is 1. The second kappa shape index (κ2) is 11.0. The van der Waals surface area contributed by atoms with Crippen LogP contribution < -0.4 is 14.8 Å². The molecule has 0 aliphatic heterocycles. The SMILES string of the molecule is CCCCCOc1ccc2c(C(=O)Nc3cccc(OCC(=O)OC)c3)cccc2c1. The average Bonchev–Trinajstić information content (AvgIpc) is 2.80.